The number of aromatic nitrogens is 2. The van der Waals surface area contributed by atoms with Gasteiger partial charge in [0.05, 0.1) is 40.0 Å². The molecule has 0 atom stereocenters. The quantitative estimate of drug-likeness (QED) is 0.159. The molecular weight excluding hydrogens is 669 g/mol. The highest BCUT2D eigenvalue weighted by atomic mass is 19.1. The number of para-hydroxylation sites is 2. The summed E-state index contributed by atoms with van der Waals surface area (Å²) in [5, 5.41) is 4.19. The Morgan fingerprint density at radius 1 is 0.389 bits per heavy atom. The van der Waals surface area contributed by atoms with Crippen LogP contribution in [0.15, 0.2) is 176 Å². The molecule has 0 unspecified atom stereocenters. The summed E-state index contributed by atoms with van der Waals surface area (Å²) in [4.78, 5) is 3.90. The Hall–Kier alpha value is -7.29. The molecule has 0 aliphatic heterocycles. The molecule has 2 heterocycles. The fourth-order valence-electron chi connectivity index (χ4n) is 8.06. The van der Waals surface area contributed by atoms with Gasteiger partial charge in [-0.15, -0.1) is 0 Å². The summed E-state index contributed by atoms with van der Waals surface area (Å²) >= 11 is 0. The molecule has 0 aliphatic carbocycles. The fraction of sp³-hybridized carbons (Fsp3) is 0. The van der Waals surface area contributed by atoms with E-state index in [-0.39, 0.29) is 16.8 Å². The lowest BCUT2D eigenvalue weighted by Crippen LogP contribution is -2.05. The lowest BCUT2D eigenvalue weighted by Gasteiger charge is -2.20. The van der Waals surface area contributed by atoms with Crippen LogP contribution in [-0.4, -0.2) is 9.13 Å². The van der Waals surface area contributed by atoms with Crippen LogP contribution < -0.4 is 0 Å². The van der Waals surface area contributed by atoms with E-state index in [1.54, 1.807) is 12.1 Å². The highest BCUT2D eigenvalue weighted by Gasteiger charge is 2.24. The molecule has 10 rings (SSSR count). The van der Waals surface area contributed by atoms with E-state index in [0.717, 1.165) is 71.6 Å². The van der Waals surface area contributed by atoms with Crippen LogP contribution in [0.2, 0.25) is 0 Å². The van der Waals surface area contributed by atoms with Crippen LogP contribution in [0, 0.1) is 18.2 Å². The summed E-state index contributed by atoms with van der Waals surface area (Å²) in [5.74, 6) is -1.45. The van der Waals surface area contributed by atoms with Gasteiger partial charge in [0.1, 0.15) is 11.6 Å². The molecule has 0 saturated heterocycles. The number of rotatable bonds is 5. The van der Waals surface area contributed by atoms with Crippen molar-refractivity contribution in [1.82, 2.24) is 9.13 Å². The summed E-state index contributed by atoms with van der Waals surface area (Å²) in [6.07, 6.45) is 0. The van der Waals surface area contributed by atoms with Crippen molar-refractivity contribution in [3.63, 3.8) is 0 Å². The number of nitrogens with zero attached hydrogens (tertiary/aromatic N) is 3. The Balaban J connectivity index is 1.34. The molecule has 0 aliphatic rings. The van der Waals surface area contributed by atoms with Crippen molar-refractivity contribution in [2.24, 2.45) is 0 Å². The third-order valence-corrected chi connectivity index (χ3v) is 10.5. The highest BCUT2D eigenvalue weighted by molar-refractivity contribution is 6.13. The first-order valence-corrected chi connectivity index (χ1v) is 17.8. The van der Waals surface area contributed by atoms with Crippen molar-refractivity contribution in [2.45, 2.75) is 0 Å². The highest BCUT2D eigenvalue weighted by Crippen LogP contribution is 2.45. The molecular formula is C49H29F2N3. The van der Waals surface area contributed by atoms with Gasteiger partial charge in [0.25, 0.3) is 0 Å². The van der Waals surface area contributed by atoms with E-state index < -0.39 is 11.6 Å². The van der Waals surface area contributed by atoms with Gasteiger partial charge in [-0.3, -0.25) is 0 Å². The van der Waals surface area contributed by atoms with Crippen molar-refractivity contribution in [3.8, 4) is 44.8 Å². The first-order valence-electron chi connectivity index (χ1n) is 17.8. The maximum absolute atomic E-state index is 15.7. The number of halogens is 2. The minimum absolute atomic E-state index is 0.150. The predicted octanol–water partition coefficient (Wildman–Crippen LogP) is 13.7. The third kappa shape index (κ3) is 4.85. The van der Waals surface area contributed by atoms with Gasteiger partial charge in [0.15, 0.2) is 5.69 Å². The lowest BCUT2D eigenvalue weighted by molar-refractivity contribution is 0.590. The summed E-state index contributed by atoms with van der Waals surface area (Å²) < 4.78 is 35.7. The van der Waals surface area contributed by atoms with Crippen molar-refractivity contribution >= 4 is 49.3 Å². The smallest absolute Gasteiger partial charge is 0.197 e. The average molecular weight is 698 g/mol. The first kappa shape index (κ1) is 31.4. The zero-order valence-corrected chi connectivity index (χ0v) is 28.8. The second-order valence-corrected chi connectivity index (χ2v) is 13.5. The van der Waals surface area contributed by atoms with Gasteiger partial charge in [-0.05, 0) is 88.5 Å². The molecule has 0 radical (unpaired) electrons. The van der Waals surface area contributed by atoms with E-state index in [9.17, 15) is 0 Å². The molecule has 254 valence electrons. The summed E-state index contributed by atoms with van der Waals surface area (Å²) in [6.45, 7) is 8.32. The number of hydrogen-bond acceptors (Lipinski definition) is 0. The topological polar surface area (TPSA) is 14.2 Å². The van der Waals surface area contributed by atoms with Crippen molar-refractivity contribution < 1.29 is 8.78 Å². The minimum atomic E-state index is -0.723. The second-order valence-electron chi connectivity index (χ2n) is 13.5. The molecule has 0 amide bonds. The standard InChI is InChI=1S/C49H29F2N3/c1-52-42-30-48(54-44-22-11-9-18-36(44)38-28-34(24-26-46(38)54)32-15-6-3-7-16-32)47(29-39(42)49-40(50)19-12-20-41(49)51)53-43-21-10-8-17-35(43)37-27-33(23-25-45(37)53)31-13-4-2-5-14-31/h2-30H. The van der Waals surface area contributed by atoms with Crippen molar-refractivity contribution in [1.29, 1.82) is 0 Å². The van der Waals surface area contributed by atoms with Crippen LogP contribution in [0.1, 0.15) is 0 Å². The van der Waals surface area contributed by atoms with E-state index >= 15 is 8.78 Å². The van der Waals surface area contributed by atoms with E-state index in [1.807, 2.05) is 60.7 Å². The molecule has 0 fully saturated rings. The van der Waals surface area contributed by atoms with Gasteiger partial charge in [-0.1, -0.05) is 115 Å². The van der Waals surface area contributed by atoms with Crippen LogP contribution in [0.4, 0.5) is 14.5 Å². The summed E-state index contributed by atoms with van der Waals surface area (Å²) in [7, 11) is 0. The number of hydrogen-bond donors (Lipinski definition) is 0. The molecule has 54 heavy (non-hydrogen) atoms. The Bertz CT molecular complexity index is 3110. The first-order chi connectivity index (χ1) is 26.6. The van der Waals surface area contributed by atoms with Gasteiger partial charge < -0.3 is 9.13 Å². The van der Waals surface area contributed by atoms with E-state index in [0.29, 0.717) is 5.69 Å². The van der Waals surface area contributed by atoms with Crippen molar-refractivity contribution in [2.75, 3.05) is 0 Å². The second kappa shape index (κ2) is 12.4. The molecule has 2 aromatic heterocycles. The van der Waals surface area contributed by atoms with Gasteiger partial charge in [-0.2, -0.15) is 0 Å². The summed E-state index contributed by atoms with van der Waals surface area (Å²) in [6, 6.07) is 57.4. The molecule has 3 nitrogen and oxygen atoms in total. The number of benzene rings is 8. The maximum atomic E-state index is 15.7. The summed E-state index contributed by atoms with van der Waals surface area (Å²) in [5.41, 5.74) is 9.68. The van der Waals surface area contributed by atoms with E-state index in [4.69, 9.17) is 6.57 Å². The lowest BCUT2D eigenvalue weighted by atomic mass is 10.00. The van der Waals surface area contributed by atoms with Gasteiger partial charge >= 0.3 is 0 Å². The molecule has 0 N–H and O–H groups in total. The molecule has 8 aromatic carbocycles. The van der Waals surface area contributed by atoms with Gasteiger partial charge in [0, 0.05) is 27.1 Å². The largest absolute Gasteiger partial charge is 0.308 e. The zero-order chi connectivity index (χ0) is 36.3. The SMILES string of the molecule is [C-]#[N+]c1cc(-n2c3ccccc3c3cc(-c4ccccc4)ccc32)c(-n2c3ccccc3c3cc(-c4ccccc4)ccc32)cc1-c1c(F)cccc1F. The van der Waals surface area contributed by atoms with Crippen LogP contribution in [-0.2, 0) is 0 Å². The molecule has 0 bridgehead atoms. The van der Waals surface area contributed by atoms with Crippen LogP contribution >= 0.6 is 0 Å². The van der Waals surface area contributed by atoms with Crippen LogP contribution in [0.5, 0.6) is 0 Å². The molecule has 10 aromatic rings. The monoisotopic (exact) mass is 697 g/mol. The zero-order valence-electron chi connectivity index (χ0n) is 28.8. The minimum Gasteiger partial charge on any atom is -0.308 e. The molecule has 5 heteroatoms. The average Bonchev–Trinajstić information content (AvgIpc) is 3.73. The Kier molecular flexibility index (Phi) is 7.24. The van der Waals surface area contributed by atoms with Gasteiger partial charge in [0.2, 0.25) is 0 Å². The van der Waals surface area contributed by atoms with E-state index in [1.165, 1.54) is 18.2 Å². The molecule has 0 saturated carbocycles. The third-order valence-electron chi connectivity index (χ3n) is 10.5. The van der Waals surface area contributed by atoms with E-state index in [2.05, 4.69) is 98.9 Å². The fourth-order valence-corrected chi connectivity index (χ4v) is 8.06. The predicted molar refractivity (Wildman–Crippen MR) is 218 cm³/mol. The van der Waals surface area contributed by atoms with Gasteiger partial charge in [-0.25, -0.2) is 13.6 Å². The van der Waals surface area contributed by atoms with Crippen molar-refractivity contribution in [3.05, 3.63) is 199 Å². The Morgan fingerprint density at radius 2 is 0.833 bits per heavy atom. The van der Waals surface area contributed by atoms with Crippen LogP contribution in [0.25, 0.3) is 93.2 Å². The maximum Gasteiger partial charge on any atom is 0.197 e. The Morgan fingerprint density at radius 3 is 1.33 bits per heavy atom. The number of fused-ring (bicyclic) bond motifs is 6. The van der Waals surface area contributed by atoms with Crippen LogP contribution in [0.3, 0.4) is 0 Å². The molecule has 0 spiro atoms. The Labute approximate surface area is 310 Å². The normalized spacial score (nSPS) is 11.5.